The van der Waals surface area contributed by atoms with E-state index in [0.717, 1.165) is 31.5 Å². The average molecular weight is 427 g/mol. The number of carbonyl (C=O) groups is 1. The van der Waals surface area contributed by atoms with Crippen molar-refractivity contribution >= 4 is 12.1 Å². The summed E-state index contributed by atoms with van der Waals surface area (Å²) in [5.74, 6) is -0.265. The molecular formula is C24H37F3N2O. The molecule has 0 fully saturated rings. The Morgan fingerprint density at radius 2 is 1.37 bits per heavy atom. The molecule has 1 amide bonds. The molecule has 0 atom stereocenters. The first-order chi connectivity index (χ1) is 14.4. The highest BCUT2D eigenvalue weighted by Gasteiger charge is 2.32. The van der Waals surface area contributed by atoms with Crippen LogP contribution in [0, 0.1) is 0 Å². The van der Waals surface area contributed by atoms with Gasteiger partial charge in [-0.05, 0) is 12.5 Å². The molecule has 0 aliphatic heterocycles. The zero-order chi connectivity index (χ0) is 22.1. The van der Waals surface area contributed by atoms with Crippen LogP contribution in [0.5, 0.6) is 0 Å². The van der Waals surface area contributed by atoms with Crippen molar-refractivity contribution in [1.29, 1.82) is 0 Å². The fourth-order valence-electron chi connectivity index (χ4n) is 3.40. The van der Waals surface area contributed by atoms with E-state index in [-0.39, 0.29) is 11.5 Å². The lowest BCUT2D eigenvalue weighted by molar-refractivity contribution is -0.137. The van der Waals surface area contributed by atoms with Gasteiger partial charge in [0.15, 0.2) is 0 Å². The zero-order valence-electron chi connectivity index (χ0n) is 18.3. The van der Waals surface area contributed by atoms with Gasteiger partial charge in [0.2, 0.25) is 5.91 Å². The van der Waals surface area contributed by atoms with Crippen molar-refractivity contribution in [2.45, 2.75) is 103 Å². The maximum Gasteiger partial charge on any atom is 0.417 e. The smallest absolute Gasteiger partial charge is 0.273 e. The fraction of sp³-hybridized carbons (Fsp3) is 0.667. The summed E-state index contributed by atoms with van der Waals surface area (Å²) >= 11 is 0. The van der Waals surface area contributed by atoms with Gasteiger partial charge in [-0.3, -0.25) is 4.79 Å². The van der Waals surface area contributed by atoms with E-state index in [2.05, 4.69) is 17.5 Å². The number of hydrogen-bond donors (Lipinski definition) is 1. The lowest BCUT2D eigenvalue weighted by Crippen LogP contribution is -2.17. The summed E-state index contributed by atoms with van der Waals surface area (Å²) in [6.07, 6.45) is 13.0. The van der Waals surface area contributed by atoms with Gasteiger partial charge in [-0.2, -0.15) is 18.3 Å². The molecule has 0 aliphatic rings. The molecule has 3 nitrogen and oxygen atoms in total. The molecule has 170 valence electrons. The molecule has 0 aliphatic carbocycles. The molecule has 1 aromatic rings. The van der Waals surface area contributed by atoms with Gasteiger partial charge in [-0.15, -0.1) is 0 Å². The predicted molar refractivity (Wildman–Crippen MR) is 117 cm³/mol. The molecule has 0 spiro atoms. The van der Waals surface area contributed by atoms with Crippen molar-refractivity contribution in [1.82, 2.24) is 5.43 Å². The normalized spacial score (nSPS) is 11.9. The summed E-state index contributed by atoms with van der Waals surface area (Å²) in [7, 11) is 0. The molecule has 0 radical (unpaired) electrons. The van der Waals surface area contributed by atoms with E-state index >= 15 is 0 Å². The second-order valence-electron chi connectivity index (χ2n) is 7.87. The molecule has 1 N–H and O–H groups in total. The van der Waals surface area contributed by atoms with E-state index in [1.54, 1.807) is 0 Å². The topological polar surface area (TPSA) is 41.5 Å². The quantitative estimate of drug-likeness (QED) is 0.165. The summed E-state index contributed by atoms with van der Waals surface area (Å²) in [6, 6.07) is 5.15. The van der Waals surface area contributed by atoms with E-state index in [9.17, 15) is 18.0 Å². The van der Waals surface area contributed by atoms with Crippen LogP contribution < -0.4 is 5.43 Å². The number of hydrazone groups is 1. The SMILES string of the molecule is CCCCCCCCCCCCCCCC(=O)N/N=C/c1ccccc1C(F)(F)F. The van der Waals surface area contributed by atoms with Crippen LogP contribution in [-0.2, 0) is 11.0 Å². The Morgan fingerprint density at radius 1 is 0.867 bits per heavy atom. The Hall–Kier alpha value is -1.85. The summed E-state index contributed by atoms with van der Waals surface area (Å²) in [5.41, 5.74) is 1.49. The molecule has 1 rings (SSSR count). The Labute approximate surface area is 179 Å². The van der Waals surface area contributed by atoms with Crippen LogP contribution in [0.15, 0.2) is 29.4 Å². The minimum atomic E-state index is -4.44. The molecule has 0 bridgehead atoms. The highest BCUT2D eigenvalue weighted by Crippen LogP contribution is 2.31. The standard InChI is InChI=1S/C24H37F3N2O/c1-2-3-4-5-6-7-8-9-10-11-12-13-14-19-23(30)29-28-20-21-17-15-16-18-22(21)24(25,26)27/h15-18,20H,2-14,19H2,1H3,(H,29,30)/b28-20+. The third-order valence-electron chi connectivity index (χ3n) is 5.17. The Bertz CT molecular complexity index is 615. The summed E-state index contributed by atoms with van der Waals surface area (Å²) in [4.78, 5) is 11.8. The van der Waals surface area contributed by atoms with Gasteiger partial charge >= 0.3 is 6.18 Å². The number of rotatable bonds is 16. The number of benzene rings is 1. The number of hydrogen-bond acceptors (Lipinski definition) is 2. The minimum absolute atomic E-state index is 0.0636. The molecule has 0 saturated heterocycles. The van der Waals surface area contributed by atoms with Gasteiger partial charge in [0, 0.05) is 12.0 Å². The molecular weight excluding hydrogens is 389 g/mol. The van der Waals surface area contributed by atoms with Crippen LogP contribution in [-0.4, -0.2) is 12.1 Å². The second kappa shape index (κ2) is 15.9. The Balaban J connectivity index is 2.04. The van der Waals surface area contributed by atoms with Crippen LogP contribution in [0.2, 0.25) is 0 Å². The lowest BCUT2D eigenvalue weighted by Gasteiger charge is -2.09. The summed E-state index contributed by atoms with van der Waals surface area (Å²) in [5, 5.41) is 3.67. The highest BCUT2D eigenvalue weighted by molar-refractivity contribution is 5.84. The number of carbonyl (C=O) groups excluding carboxylic acids is 1. The Morgan fingerprint density at radius 3 is 1.90 bits per heavy atom. The number of nitrogens with one attached hydrogen (secondary N) is 1. The molecule has 30 heavy (non-hydrogen) atoms. The van der Waals surface area contributed by atoms with E-state index in [0.29, 0.717) is 6.42 Å². The van der Waals surface area contributed by atoms with Crippen LogP contribution in [0.4, 0.5) is 13.2 Å². The zero-order valence-corrected chi connectivity index (χ0v) is 18.3. The van der Waals surface area contributed by atoms with Crippen LogP contribution in [0.3, 0.4) is 0 Å². The average Bonchev–Trinajstić information content (AvgIpc) is 2.71. The van der Waals surface area contributed by atoms with Crippen molar-refractivity contribution in [2.75, 3.05) is 0 Å². The van der Waals surface area contributed by atoms with Gasteiger partial charge < -0.3 is 0 Å². The molecule has 1 aromatic carbocycles. The van der Waals surface area contributed by atoms with E-state index < -0.39 is 11.7 Å². The largest absolute Gasteiger partial charge is 0.417 e. The van der Waals surface area contributed by atoms with Gasteiger partial charge in [-0.1, -0.05) is 102 Å². The first kappa shape index (κ1) is 26.2. The Kier molecular flexibility index (Phi) is 13.9. The maximum atomic E-state index is 12.9. The van der Waals surface area contributed by atoms with E-state index in [1.807, 2.05) is 0 Å². The maximum absolute atomic E-state index is 12.9. The molecule has 0 unspecified atom stereocenters. The van der Waals surface area contributed by atoms with Gasteiger partial charge in [0.25, 0.3) is 0 Å². The monoisotopic (exact) mass is 426 g/mol. The predicted octanol–water partition coefficient (Wildman–Crippen LogP) is 7.64. The van der Waals surface area contributed by atoms with E-state index in [1.165, 1.54) is 82.4 Å². The molecule has 0 saturated carbocycles. The van der Waals surface area contributed by atoms with Crippen LogP contribution in [0.1, 0.15) is 108 Å². The third kappa shape index (κ3) is 12.7. The van der Waals surface area contributed by atoms with E-state index in [4.69, 9.17) is 0 Å². The molecule has 0 aromatic heterocycles. The minimum Gasteiger partial charge on any atom is -0.273 e. The number of amides is 1. The number of unbranched alkanes of at least 4 members (excludes halogenated alkanes) is 12. The first-order valence-electron chi connectivity index (χ1n) is 11.4. The van der Waals surface area contributed by atoms with Gasteiger partial charge in [0.05, 0.1) is 11.8 Å². The van der Waals surface area contributed by atoms with Gasteiger partial charge in [0.1, 0.15) is 0 Å². The number of halogens is 3. The van der Waals surface area contributed by atoms with Crippen molar-refractivity contribution in [3.63, 3.8) is 0 Å². The number of nitrogens with zero attached hydrogens (tertiary/aromatic N) is 1. The first-order valence-corrected chi connectivity index (χ1v) is 11.4. The van der Waals surface area contributed by atoms with Crippen LogP contribution >= 0.6 is 0 Å². The fourth-order valence-corrected chi connectivity index (χ4v) is 3.40. The third-order valence-corrected chi connectivity index (χ3v) is 5.17. The van der Waals surface area contributed by atoms with Gasteiger partial charge in [-0.25, -0.2) is 5.43 Å². The van der Waals surface area contributed by atoms with Crippen molar-refractivity contribution in [3.8, 4) is 0 Å². The molecule has 6 heteroatoms. The summed E-state index contributed by atoms with van der Waals surface area (Å²) in [6.45, 7) is 2.24. The summed E-state index contributed by atoms with van der Waals surface area (Å²) < 4.78 is 38.7. The lowest BCUT2D eigenvalue weighted by atomic mass is 10.0. The van der Waals surface area contributed by atoms with Crippen LogP contribution in [0.25, 0.3) is 0 Å². The van der Waals surface area contributed by atoms with Crippen molar-refractivity contribution in [3.05, 3.63) is 35.4 Å². The van der Waals surface area contributed by atoms with Crippen molar-refractivity contribution in [2.24, 2.45) is 5.10 Å². The number of alkyl halides is 3. The highest BCUT2D eigenvalue weighted by atomic mass is 19.4. The van der Waals surface area contributed by atoms with Crippen molar-refractivity contribution < 1.29 is 18.0 Å². The molecule has 0 heterocycles. The second-order valence-corrected chi connectivity index (χ2v) is 7.87.